The van der Waals surface area contributed by atoms with Gasteiger partial charge in [-0.3, -0.25) is 24.6 Å². The molecule has 238 valence electrons. The topological polar surface area (TPSA) is 150 Å². The maximum Gasteiger partial charge on any atom is 0.328 e. The number of phenolic OH excluding ortho intramolecular Hbond substituents is 1. The molecule has 2 aliphatic carbocycles. The third kappa shape index (κ3) is 4.27. The molecule has 0 bridgehead atoms. The van der Waals surface area contributed by atoms with Crippen LogP contribution in [0.25, 0.3) is 0 Å². The van der Waals surface area contributed by atoms with E-state index in [0.29, 0.717) is 39.3 Å². The zero-order valence-corrected chi connectivity index (χ0v) is 25.8. The molecule has 2 heterocycles. The molecule has 2 aliphatic heterocycles. The highest BCUT2D eigenvalue weighted by Gasteiger charge is 2.70. The molecule has 0 aromatic heterocycles. The number of nitrogens with zero attached hydrogens (tertiary/aromatic N) is 2. The molecule has 2 saturated heterocycles. The Kier molecular flexibility index (Phi) is 7.11. The van der Waals surface area contributed by atoms with E-state index < -0.39 is 64.7 Å². The van der Waals surface area contributed by atoms with Gasteiger partial charge in [0, 0.05) is 11.5 Å². The Morgan fingerprint density at radius 1 is 0.979 bits per heavy atom. The third-order valence-corrected chi connectivity index (χ3v) is 10.4. The average molecular weight is 631 g/mol. The van der Waals surface area contributed by atoms with E-state index in [1.807, 2.05) is 43.3 Å². The number of allylic oxidation sites excluding steroid dienone is 3. The van der Waals surface area contributed by atoms with Gasteiger partial charge in [0.15, 0.2) is 0 Å². The Bertz CT molecular complexity index is 1890. The first-order valence-electron chi connectivity index (χ1n) is 15.7. The number of phenols is 1. The highest BCUT2D eigenvalue weighted by Crippen LogP contribution is 2.65. The molecule has 4 aliphatic rings. The number of nitrogens with two attached hydrogens (primary N) is 1. The van der Waals surface area contributed by atoms with Crippen LogP contribution in [0.15, 0.2) is 97.1 Å². The van der Waals surface area contributed by atoms with Gasteiger partial charge in [-0.25, -0.2) is 4.79 Å². The normalized spacial score (nSPS) is 28.0. The van der Waals surface area contributed by atoms with Crippen LogP contribution in [-0.4, -0.2) is 44.7 Å². The van der Waals surface area contributed by atoms with E-state index in [1.165, 1.54) is 0 Å². The summed E-state index contributed by atoms with van der Waals surface area (Å²) in [6.45, 7) is 5.76. The van der Waals surface area contributed by atoms with Crippen LogP contribution in [0.3, 0.4) is 0 Å². The number of nitrogens with one attached hydrogen (secondary N) is 1. The number of likely N-dealkylation sites (tertiary alicyclic amines) is 1. The maximum absolute atomic E-state index is 15.1. The standard InChI is InChI=1S/C37H34N4O6/c1-3-8-21-9-7-12-26(31(21)42)30-24-17-18-25-29(34(45)40(32(25)43)36(38)47)27(24)19-28-33(44)41(39-23-15-13-20(2)14-16-23)35(46)37(28,30)22-10-5-4-6-11-22/h3-7,9-17,25,27-30,39,42H,1,8,18-19H2,2H3,(H2,38,47). The number of aryl methyl sites for hydroxylation is 1. The van der Waals surface area contributed by atoms with Crippen molar-refractivity contribution in [3.05, 3.63) is 119 Å². The van der Waals surface area contributed by atoms with Crippen molar-refractivity contribution in [2.75, 3.05) is 5.43 Å². The monoisotopic (exact) mass is 630 g/mol. The van der Waals surface area contributed by atoms with Crippen LogP contribution in [-0.2, 0) is 31.0 Å². The molecule has 0 radical (unpaired) electrons. The summed E-state index contributed by atoms with van der Waals surface area (Å²) in [5.41, 5.74) is 10.8. The van der Waals surface area contributed by atoms with Crippen LogP contribution in [0.1, 0.15) is 41.0 Å². The van der Waals surface area contributed by atoms with E-state index in [-0.39, 0.29) is 18.6 Å². The number of carbonyl (C=O) groups excluding carboxylic acids is 5. The van der Waals surface area contributed by atoms with Crippen molar-refractivity contribution in [2.24, 2.45) is 29.4 Å². The minimum absolute atomic E-state index is 0.0343. The van der Waals surface area contributed by atoms with E-state index >= 15 is 4.79 Å². The lowest BCUT2D eigenvalue weighted by molar-refractivity contribution is -0.139. The highest BCUT2D eigenvalue weighted by atomic mass is 16.3. The highest BCUT2D eigenvalue weighted by molar-refractivity contribution is 6.17. The van der Waals surface area contributed by atoms with Gasteiger partial charge in [0.25, 0.3) is 11.8 Å². The minimum atomic E-state index is -1.52. The number of rotatable bonds is 6. The summed E-state index contributed by atoms with van der Waals surface area (Å²) in [4.78, 5) is 69.6. The second-order valence-electron chi connectivity index (χ2n) is 12.8. The second-order valence-corrected chi connectivity index (χ2v) is 12.8. The Hall–Kier alpha value is -5.51. The SMILES string of the molecule is C=CCc1cccc(C2C3=CCC4C(=O)N(C(N)=O)C(=O)C4C3CC3C(=O)N(Nc4ccc(C)cc4)C(=O)C32c2ccccc2)c1O. The van der Waals surface area contributed by atoms with Crippen LogP contribution in [0, 0.1) is 30.6 Å². The zero-order chi connectivity index (χ0) is 33.2. The van der Waals surface area contributed by atoms with Gasteiger partial charge in [0.2, 0.25) is 11.8 Å². The number of hydrogen-bond acceptors (Lipinski definition) is 7. The van der Waals surface area contributed by atoms with Crippen LogP contribution >= 0.6 is 0 Å². The number of fused-ring (bicyclic) bond motifs is 4. The Morgan fingerprint density at radius 3 is 2.38 bits per heavy atom. The predicted octanol–water partition coefficient (Wildman–Crippen LogP) is 4.49. The fourth-order valence-electron chi connectivity index (χ4n) is 8.47. The minimum Gasteiger partial charge on any atom is -0.507 e. The predicted molar refractivity (Wildman–Crippen MR) is 172 cm³/mol. The number of para-hydroxylation sites is 1. The number of hydrazine groups is 1. The first-order valence-corrected chi connectivity index (χ1v) is 15.7. The molecule has 47 heavy (non-hydrogen) atoms. The van der Waals surface area contributed by atoms with E-state index in [1.54, 1.807) is 48.5 Å². The van der Waals surface area contributed by atoms with Gasteiger partial charge in [-0.1, -0.05) is 84.0 Å². The molecule has 3 fully saturated rings. The molecule has 1 saturated carbocycles. The molecule has 6 amide bonds. The number of anilines is 1. The van der Waals surface area contributed by atoms with Crippen molar-refractivity contribution in [3.8, 4) is 5.75 Å². The van der Waals surface area contributed by atoms with Crippen LogP contribution in [0.5, 0.6) is 5.75 Å². The van der Waals surface area contributed by atoms with Crippen molar-refractivity contribution < 1.29 is 29.1 Å². The second kappa shape index (κ2) is 11.1. The van der Waals surface area contributed by atoms with Gasteiger partial charge >= 0.3 is 6.03 Å². The molecular formula is C37H34N4O6. The first-order chi connectivity index (χ1) is 22.6. The largest absolute Gasteiger partial charge is 0.507 e. The number of hydrogen-bond donors (Lipinski definition) is 3. The molecular weight excluding hydrogens is 596 g/mol. The van der Waals surface area contributed by atoms with Crippen LogP contribution < -0.4 is 11.2 Å². The number of amides is 6. The maximum atomic E-state index is 15.1. The van der Waals surface area contributed by atoms with Crippen molar-refractivity contribution in [1.29, 1.82) is 0 Å². The van der Waals surface area contributed by atoms with Gasteiger partial charge in [0.1, 0.15) is 5.75 Å². The molecule has 6 unspecified atom stereocenters. The smallest absolute Gasteiger partial charge is 0.328 e. The molecule has 10 nitrogen and oxygen atoms in total. The summed E-state index contributed by atoms with van der Waals surface area (Å²) in [7, 11) is 0. The van der Waals surface area contributed by atoms with Gasteiger partial charge in [-0.15, -0.1) is 6.58 Å². The lowest BCUT2D eigenvalue weighted by Crippen LogP contribution is -2.53. The van der Waals surface area contributed by atoms with Crippen LogP contribution in [0.4, 0.5) is 10.5 Å². The van der Waals surface area contributed by atoms with Crippen molar-refractivity contribution in [1.82, 2.24) is 9.91 Å². The van der Waals surface area contributed by atoms with Gasteiger partial charge in [-0.2, -0.15) is 9.91 Å². The Balaban J connectivity index is 1.48. The molecule has 6 atom stereocenters. The number of primary amides is 1. The van der Waals surface area contributed by atoms with E-state index in [9.17, 15) is 24.3 Å². The lowest BCUT2D eigenvalue weighted by Gasteiger charge is -2.50. The van der Waals surface area contributed by atoms with Gasteiger partial charge < -0.3 is 10.8 Å². The summed E-state index contributed by atoms with van der Waals surface area (Å²) in [6, 6.07) is 20.5. The first kappa shape index (κ1) is 30.2. The number of benzene rings is 3. The summed E-state index contributed by atoms with van der Waals surface area (Å²) in [5.74, 6) is -6.73. The fraction of sp³-hybridized carbons (Fsp3) is 0.270. The van der Waals surface area contributed by atoms with E-state index in [2.05, 4.69) is 12.0 Å². The van der Waals surface area contributed by atoms with Gasteiger partial charge in [-0.05, 0) is 55.4 Å². The average Bonchev–Trinajstić information content (AvgIpc) is 3.45. The molecule has 10 heteroatoms. The number of urea groups is 1. The number of imide groups is 4. The van der Waals surface area contributed by atoms with Crippen molar-refractivity contribution in [3.63, 3.8) is 0 Å². The number of aromatic hydroxyl groups is 1. The van der Waals surface area contributed by atoms with Crippen molar-refractivity contribution >= 4 is 35.3 Å². The lowest BCUT2D eigenvalue weighted by atomic mass is 9.49. The summed E-state index contributed by atoms with van der Waals surface area (Å²) in [6.07, 6.45) is 4.09. The molecule has 3 aromatic carbocycles. The van der Waals surface area contributed by atoms with Gasteiger partial charge in [0.05, 0.1) is 28.9 Å². The molecule has 7 rings (SSSR count). The van der Waals surface area contributed by atoms with Crippen molar-refractivity contribution in [2.45, 2.75) is 37.5 Å². The van der Waals surface area contributed by atoms with Crippen LogP contribution in [0.2, 0.25) is 0 Å². The Labute approximate surface area is 271 Å². The molecule has 4 N–H and O–H groups in total. The fourth-order valence-corrected chi connectivity index (χ4v) is 8.47. The zero-order valence-electron chi connectivity index (χ0n) is 25.8. The Morgan fingerprint density at radius 2 is 1.70 bits per heavy atom. The summed E-state index contributed by atoms with van der Waals surface area (Å²) >= 11 is 0. The van der Waals surface area contributed by atoms with E-state index in [4.69, 9.17) is 5.73 Å². The summed E-state index contributed by atoms with van der Waals surface area (Å²) in [5, 5.41) is 12.9. The quantitative estimate of drug-likeness (QED) is 0.268. The third-order valence-electron chi connectivity index (χ3n) is 10.4. The molecule has 0 spiro atoms. The van der Waals surface area contributed by atoms with E-state index in [0.717, 1.165) is 10.6 Å². The molecule has 3 aromatic rings. The summed E-state index contributed by atoms with van der Waals surface area (Å²) < 4.78 is 0. The number of carbonyl (C=O) groups is 5.